The SMILES string of the molecule is C=C(O)/C(=C\C(=C)[N+](=O)[O-])[N+](=O)[O-]. The van der Waals surface area contributed by atoms with Crippen LogP contribution in [0.1, 0.15) is 0 Å². The van der Waals surface area contributed by atoms with Gasteiger partial charge in [-0.3, -0.25) is 20.2 Å². The number of nitrogens with zero attached hydrogens (tertiary/aromatic N) is 2. The van der Waals surface area contributed by atoms with Crippen molar-refractivity contribution in [3.8, 4) is 0 Å². The lowest BCUT2D eigenvalue weighted by atomic mass is 10.3. The van der Waals surface area contributed by atoms with Crippen molar-refractivity contribution in [3.63, 3.8) is 0 Å². The Hall–Kier alpha value is -2.18. The average molecular weight is 186 g/mol. The number of aliphatic hydroxyl groups is 1. The molecule has 0 saturated carbocycles. The van der Waals surface area contributed by atoms with Gasteiger partial charge in [-0.25, -0.2) is 0 Å². The molecule has 0 fully saturated rings. The van der Waals surface area contributed by atoms with Crippen molar-refractivity contribution < 1.29 is 15.0 Å². The molecule has 0 radical (unpaired) electrons. The van der Waals surface area contributed by atoms with Crippen LogP contribution in [0.4, 0.5) is 0 Å². The van der Waals surface area contributed by atoms with Gasteiger partial charge in [-0.2, -0.15) is 0 Å². The molecule has 0 spiro atoms. The summed E-state index contributed by atoms with van der Waals surface area (Å²) in [6.07, 6.45) is 0.530. The largest absolute Gasteiger partial charge is 0.503 e. The third-order valence-corrected chi connectivity index (χ3v) is 1.03. The van der Waals surface area contributed by atoms with Gasteiger partial charge in [-0.15, -0.1) is 0 Å². The van der Waals surface area contributed by atoms with Crippen molar-refractivity contribution in [1.82, 2.24) is 0 Å². The third kappa shape index (κ3) is 3.14. The molecule has 0 aliphatic rings. The highest BCUT2D eigenvalue weighted by molar-refractivity contribution is 5.21. The van der Waals surface area contributed by atoms with Crippen LogP contribution in [0.3, 0.4) is 0 Å². The van der Waals surface area contributed by atoms with E-state index in [0.717, 1.165) is 0 Å². The molecular weight excluding hydrogens is 180 g/mol. The van der Waals surface area contributed by atoms with Gasteiger partial charge in [-0.05, 0) is 13.2 Å². The second-order valence-corrected chi connectivity index (χ2v) is 1.98. The van der Waals surface area contributed by atoms with E-state index in [1.54, 1.807) is 0 Å². The molecule has 0 amide bonds. The highest BCUT2D eigenvalue weighted by Crippen LogP contribution is 2.08. The number of nitro groups is 2. The van der Waals surface area contributed by atoms with Crippen LogP contribution in [0, 0.1) is 20.2 Å². The molecule has 1 N–H and O–H groups in total. The number of rotatable bonds is 4. The molecule has 7 heteroatoms. The van der Waals surface area contributed by atoms with E-state index in [-0.39, 0.29) is 0 Å². The first kappa shape index (κ1) is 10.8. The Balaban J connectivity index is 4.96. The van der Waals surface area contributed by atoms with E-state index >= 15 is 0 Å². The predicted molar refractivity (Wildman–Crippen MR) is 43.0 cm³/mol. The Morgan fingerprint density at radius 3 is 1.92 bits per heavy atom. The fourth-order valence-electron chi connectivity index (χ4n) is 0.452. The first-order chi connectivity index (χ1) is 5.86. The summed E-state index contributed by atoms with van der Waals surface area (Å²) in [6.45, 7) is 5.80. The minimum absolute atomic E-state index is 0.530. The van der Waals surface area contributed by atoms with Crippen molar-refractivity contribution >= 4 is 0 Å². The Morgan fingerprint density at radius 1 is 1.23 bits per heavy atom. The van der Waals surface area contributed by atoms with Gasteiger partial charge >= 0.3 is 5.70 Å². The molecule has 13 heavy (non-hydrogen) atoms. The highest BCUT2D eigenvalue weighted by Gasteiger charge is 2.18. The average Bonchev–Trinajstić information content (AvgIpc) is 1.97. The van der Waals surface area contributed by atoms with Crippen molar-refractivity contribution in [3.05, 3.63) is 56.6 Å². The van der Waals surface area contributed by atoms with Gasteiger partial charge in [0.15, 0.2) is 5.76 Å². The first-order valence-corrected chi connectivity index (χ1v) is 2.94. The zero-order valence-corrected chi connectivity index (χ0v) is 6.47. The molecule has 0 aromatic rings. The maximum absolute atomic E-state index is 10.2. The standard InChI is InChI=1S/C6H6N2O5/c1-4(7(10)11)3-6(5(2)9)8(12)13/h3,9H,1-2H2/b6-3+. The van der Waals surface area contributed by atoms with Gasteiger partial charge < -0.3 is 5.11 Å². The zero-order valence-electron chi connectivity index (χ0n) is 6.47. The molecule has 0 aromatic heterocycles. The van der Waals surface area contributed by atoms with Crippen molar-refractivity contribution in [2.45, 2.75) is 0 Å². The van der Waals surface area contributed by atoms with Crippen LogP contribution in [-0.2, 0) is 0 Å². The van der Waals surface area contributed by atoms with Gasteiger partial charge in [0.25, 0.3) is 5.70 Å². The molecule has 0 bridgehead atoms. The van der Waals surface area contributed by atoms with Crippen molar-refractivity contribution in [2.24, 2.45) is 0 Å². The fourth-order valence-corrected chi connectivity index (χ4v) is 0.452. The summed E-state index contributed by atoms with van der Waals surface area (Å²) in [5.41, 5.74) is -1.54. The minimum atomic E-state index is -0.989. The number of aliphatic hydroxyl groups excluding tert-OH is 1. The number of hydrogen-bond donors (Lipinski definition) is 1. The Labute approximate surface area is 72.6 Å². The molecule has 70 valence electrons. The molecule has 0 heterocycles. The van der Waals surface area contributed by atoms with Crippen LogP contribution < -0.4 is 0 Å². The van der Waals surface area contributed by atoms with Crippen LogP contribution in [0.25, 0.3) is 0 Å². The van der Waals surface area contributed by atoms with E-state index in [4.69, 9.17) is 5.11 Å². The monoisotopic (exact) mass is 186 g/mol. The van der Waals surface area contributed by atoms with E-state index in [0.29, 0.717) is 6.08 Å². The fraction of sp³-hybridized carbons (Fsp3) is 0. The van der Waals surface area contributed by atoms with E-state index in [1.807, 2.05) is 0 Å². The summed E-state index contributed by atoms with van der Waals surface area (Å²) < 4.78 is 0. The number of allylic oxidation sites excluding steroid dienone is 1. The topological polar surface area (TPSA) is 107 Å². The van der Waals surface area contributed by atoms with E-state index in [9.17, 15) is 20.2 Å². The second kappa shape index (κ2) is 4.00. The lowest BCUT2D eigenvalue weighted by Crippen LogP contribution is -2.04. The van der Waals surface area contributed by atoms with Crippen LogP contribution in [0.5, 0.6) is 0 Å². The predicted octanol–water partition coefficient (Wildman–Crippen LogP) is 1.01. The molecule has 0 rings (SSSR count). The van der Waals surface area contributed by atoms with E-state index < -0.39 is 27.0 Å². The van der Waals surface area contributed by atoms with E-state index in [1.165, 1.54) is 0 Å². The lowest BCUT2D eigenvalue weighted by Gasteiger charge is -1.93. The minimum Gasteiger partial charge on any atom is -0.503 e. The van der Waals surface area contributed by atoms with E-state index in [2.05, 4.69) is 13.2 Å². The third-order valence-electron chi connectivity index (χ3n) is 1.03. The molecular formula is C6H6N2O5. The van der Waals surface area contributed by atoms with Crippen molar-refractivity contribution in [2.75, 3.05) is 0 Å². The molecule has 0 aliphatic heterocycles. The lowest BCUT2D eigenvalue weighted by molar-refractivity contribution is -0.433. The quantitative estimate of drug-likeness (QED) is 0.305. The second-order valence-electron chi connectivity index (χ2n) is 1.98. The van der Waals surface area contributed by atoms with Gasteiger partial charge in [0, 0.05) is 0 Å². The van der Waals surface area contributed by atoms with Gasteiger partial charge in [0.05, 0.1) is 15.9 Å². The smallest absolute Gasteiger partial charge is 0.316 e. The summed E-state index contributed by atoms with van der Waals surface area (Å²) >= 11 is 0. The van der Waals surface area contributed by atoms with Gasteiger partial charge in [-0.1, -0.05) is 0 Å². The summed E-state index contributed by atoms with van der Waals surface area (Å²) in [7, 11) is 0. The number of hydrogen-bond acceptors (Lipinski definition) is 5. The van der Waals surface area contributed by atoms with Crippen LogP contribution in [-0.4, -0.2) is 15.0 Å². The van der Waals surface area contributed by atoms with Gasteiger partial charge in [0.2, 0.25) is 0 Å². The van der Waals surface area contributed by atoms with Gasteiger partial charge in [0.1, 0.15) is 0 Å². The summed E-state index contributed by atoms with van der Waals surface area (Å²) in [4.78, 5) is 18.3. The highest BCUT2D eigenvalue weighted by atomic mass is 16.6. The Morgan fingerprint density at radius 2 is 1.69 bits per heavy atom. The summed E-state index contributed by atoms with van der Waals surface area (Å²) in [5, 5.41) is 28.8. The molecule has 0 unspecified atom stereocenters. The molecule has 0 aromatic carbocycles. The normalized spacial score (nSPS) is 10.6. The molecule has 0 saturated heterocycles. The van der Waals surface area contributed by atoms with Crippen LogP contribution in [0.15, 0.2) is 36.4 Å². The Kier molecular flexibility index (Phi) is 3.33. The van der Waals surface area contributed by atoms with Crippen LogP contribution >= 0.6 is 0 Å². The van der Waals surface area contributed by atoms with Crippen molar-refractivity contribution in [1.29, 1.82) is 0 Å². The summed E-state index contributed by atoms with van der Waals surface area (Å²) in [5.74, 6) is -0.854. The molecule has 7 nitrogen and oxygen atoms in total. The summed E-state index contributed by atoms with van der Waals surface area (Å²) in [6, 6.07) is 0. The first-order valence-electron chi connectivity index (χ1n) is 2.94. The maximum Gasteiger partial charge on any atom is 0.316 e. The van der Waals surface area contributed by atoms with Crippen LogP contribution in [0.2, 0.25) is 0 Å². The zero-order chi connectivity index (χ0) is 10.6. The molecule has 0 atom stereocenters. The maximum atomic E-state index is 10.2. The Bertz CT molecular complexity index is 301. The molecule has 0 aliphatic carbocycles.